The highest BCUT2D eigenvalue weighted by Crippen LogP contribution is 2.38. The quantitative estimate of drug-likeness (QED) is 0.429. The van der Waals surface area contributed by atoms with Gasteiger partial charge in [0, 0.05) is 58.1 Å². The van der Waals surface area contributed by atoms with Crippen molar-refractivity contribution in [3.05, 3.63) is 71.8 Å². The number of likely N-dealkylation sites (tertiary alicyclic amines) is 2. The molecule has 0 aliphatic carbocycles. The third kappa shape index (κ3) is 7.35. The summed E-state index contributed by atoms with van der Waals surface area (Å²) in [6, 6.07) is 17.1. The number of rotatable bonds is 3. The maximum atomic E-state index is 14.0. The minimum Gasteiger partial charge on any atom is -0.493 e. The number of carbonyl (C=O) groups excluding carboxylic acids is 4. The Balaban J connectivity index is 1.25. The molecule has 3 aromatic rings. The average molecular weight is 673 g/mol. The molecule has 11 rings (SSSR count). The van der Waals surface area contributed by atoms with E-state index in [0.29, 0.717) is 59.7 Å². The standard InChI is InChI=1S/C36H40N4O9/c1-39-22-25(20-32(39)41)34(43)40-15-12-36(13-16-40)35(44)38-21-23-4-10-28(30(18-23)45-2)48-29-11-5-24(19-31(29)46-3)33(42)37-14-17-47-26-6-8-27(49-36)9-7-26/h4-11,18-19,25H,12-17,20-22H2,1-3H3,(H,37,42)(H,38,44). The van der Waals surface area contributed by atoms with Gasteiger partial charge in [0.25, 0.3) is 11.8 Å². The van der Waals surface area contributed by atoms with Gasteiger partial charge in [0.2, 0.25) is 11.8 Å². The largest absolute Gasteiger partial charge is 0.493 e. The second kappa shape index (κ2) is 14.3. The van der Waals surface area contributed by atoms with Crippen LogP contribution in [0.5, 0.6) is 34.5 Å². The molecule has 8 aliphatic rings. The molecule has 0 radical (unpaired) electrons. The topological polar surface area (TPSA) is 145 Å². The van der Waals surface area contributed by atoms with Crippen LogP contribution in [0.1, 0.15) is 35.2 Å². The molecule has 13 nitrogen and oxygen atoms in total. The summed E-state index contributed by atoms with van der Waals surface area (Å²) >= 11 is 0. The van der Waals surface area contributed by atoms with Crippen LogP contribution in [0.3, 0.4) is 0 Å². The van der Waals surface area contributed by atoms with Gasteiger partial charge in [0.15, 0.2) is 28.6 Å². The Morgan fingerprint density at radius 1 is 0.878 bits per heavy atom. The number of methoxy groups -OCH3 is 2. The molecule has 8 heterocycles. The Morgan fingerprint density at radius 2 is 1.55 bits per heavy atom. The van der Waals surface area contributed by atoms with Gasteiger partial charge in [0.05, 0.1) is 26.7 Å². The van der Waals surface area contributed by atoms with Crippen LogP contribution in [0, 0.1) is 5.92 Å². The van der Waals surface area contributed by atoms with Crippen LogP contribution in [0.2, 0.25) is 0 Å². The summed E-state index contributed by atoms with van der Waals surface area (Å²) in [4.78, 5) is 55.5. The second-order valence-corrected chi connectivity index (χ2v) is 12.3. The first-order valence-corrected chi connectivity index (χ1v) is 16.2. The van der Waals surface area contributed by atoms with Crippen LogP contribution >= 0.6 is 0 Å². The lowest BCUT2D eigenvalue weighted by Crippen LogP contribution is -2.58. The summed E-state index contributed by atoms with van der Waals surface area (Å²) < 4.78 is 29.5. The molecule has 2 N–H and O–H groups in total. The fraction of sp³-hybridized carbons (Fsp3) is 0.389. The SMILES string of the molecule is COc1cc2ccc1Oc1ccc(cc1OC)C(=O)NCCOc1ccc(cc1)OC1(CCN(C(=O)C3CC(=O)N(C)C3)CC1)C(=O)NC2. The molecule has 6 bridgehead atoms. The third-order valence-electron chi connectivity index (χ3n) is 9.11. The van der Waals surface area contributed by atoms with Gasteiger partial charge in [-0.3, -0.25) is 19.2 Å². The predicted molar refractivity (Wildman–Crippen MR) is 177 cm³/mol. The Hall–Kier alpha value is -5.46. The number of nitrogens with one attached hydrogen (secondary N) is 2. The van der Waals surface area contributed by atoms with Crippen molar-refractivity contribution in [2.24, 2.45) is 5.92 Å². The van der Waals surface area contributed by atoms with E-state index in [1.165, 1.54) is 14.2 Å². The van der Waals surface area contributed by atoms with E-state index in [4.69, 9.17) is 23.7 Å². The normalized spacial score (nSPS) is 19.5. The average Bonchev–Trinajstić information content (AvgIpc) is 3.46. The molecule has 2 saturated heterocycles. The molecule has 0 aromatic heterocycles. The highest BCUT2D eigenvalue weighted by atomic mass is 16.5. The summed E-state index contributed by atoms with van der Waals surface area (Å²) in [5.74, 6) is 1.52. The summed E-state index contributed by atoms with van der Waals surface area (Å²) in [7, 11) is 4.72. The van der Waals surface area contributed by atoms with Crippen molar-refractivity contribution in [2.75, 3.05) is 54.1 Å². The molecule has 1 spiro atoms. The van der Waals surface area contributed by atoms with Crippen LogP contribution in [-0.4, -0.2) is 93.1 Å². The van der Waals surface area contributed by atoms with E-state index in [0.717, 1.165) is 5.56 Å². The van der Waals surface area contributed by atoms with Gasteiger partial charge in [-0.15, -0.1) is 0 Å². The summed E-state index contributed by atoms with van der Waals surface area (Å²) in [5.41, 5.74) is -0.0989. The number of piperidine rings is 1. The van der Waals surface area contributed by atoms with Gasteiger partial charge in [-0.1, -0.05) is 6.07 Å². The van der Waals surface area contributed by atoms with E-state index in [9.17, 15) is 19.2 Å². The molecular weight excluding hydrogens is 632 g/mol. The van der Waals surface area contributed by atoms with E-state index in [1.54, 1.807) is 71.4 Å². The number of nitrogens with zero attached hydrogens (tertiary/aromatic N) is 2. The zero-order valence-electron chi connectivity index (χ0n) is 27.8. The number of hydrogen-bond acceptors (Lipinski definition) is 9. The van der Waals surface area contributed by atoms with E-state index >= 15 is 0 Å². The third-order valence-corrected chi connectivity index (χ3v) is 9.11. The van der Waals surface area contributed by atoms with Crippen molar-refractivity contribution in [1.29, 1.82) is 0 Å². The van der Waals surface area contributed by atoms with E-state index < -0.39 is 5.60 Å². The maximum Gasteiger partial charge on any atom is 0.264 e. The van der Waals surface area contributed by atoms with Gasteiger partial charge in [-0.25, -0.2) is 0 Å². The maximum absolute atomic E-state index is 14.0. The lowest BCUT2D eigenvalue weighted by atomic mass is 9.89. The molecule has 3 aromatic carbocycles. The molecular formula is C36H40N4O9. The van der Waals surface area contributed by atoms with Crippen molar-refractivity contribution in [2.45, 2.75) is 31.4 Å². The first kappa shape index (κ1) is 33.4. The van der Waals surface area contributed by atoms with E-state index in [2.05, 4.69) is 10.6 Å². The smallest absolute Gasteiger partial charge is 0.264 e. The molecule has 8 aliphatic heterocycles. The Labute approximate surface area is 284 Å². The summed E-state index contributed by atoms with van der Waals surface area (Å²) in [6.07, 6.45) is 0.715. The van der Waals surface area contributed by atoms with Gasteiger partial charge in [-0.05, 0) is 60.2 Å². The van der Waals surface area contributed by atoms with E-state index in [-0.39, 0.29) is 68.5 Å². The summed E-state index contributed by atoms with van der Waals surface area (Å²) in [6.45, 7) is 1.66. The predicted octanol–water partition coefficient (Wildman–Crippen LogP) is 3.15. The molecule has 1 unspecified atom stereocenters. The van der Waals surface area contributed by atoms with Crippen LogP contribution in [0.25, 0.3) is 0 Å². The van der Waals surface area contributed by atoms with Crippen molar-refractivity contribution < 1.29 is 42.9 Å². The monoisotopic (exact) mass is 672 g/mol. The van der Waals surface area contributed by atoms with Gasteiger partial charge in [-0.2, -0.15) is 0 Å². The molecule has 1 atom stereocenters. The Kier molecular flexibility index (Phi) is 9.79. The molecule has 258 valence electrons. The highest BCUT2D eigenvalue weighted by molar-refractivity contribution is 5.95. The molecule has 0 saturated carbocycles. The van der Waals surface area contributed by atoms with Crippen LogP contribution in [0.4, 0.5) is 0 Å². The lowest BCUT2D eigenvalue weighted by Gasteiger charge is -2.41. The number of carbonyl (C=O) groups is 4. The molecule has 49 heavy (non-hydrogen) atoms. The van der Waals surface area contributed by atoms with Crippen LogP contribution < -0.4 is 34.3 Å². The Bertz CT molecular complexity index is 1720. The lowest BCUT2D eigenvalue weighted by molar-refractivity contribution is -0.148. The highest BCUT2D eigenvalue weighted by Gasteiger charge is 2.46. The zero-order valence-corrected chi connectivity index (χ0v) is 27.8. The number of hydrogen-bond donors (Lipinski definition) is 2. The molecule has 2 fully saturated rings. The minimum absolute atomic E-state index is 0.0436. The fourth-order valence-corrected chi connectivity index (χ4v) is 6.28. The molecule has 13 heteroatoms. The second-order valence-electron chi connectivity index (χ2n) is 12.3. The van der Waals surface area contributed by atoms with Crippen molar-refractivity contribution in [3.8, 4) is 34.5 Å². The first-order valence-electron chi connectivity index (χ1n) is 16.2. The van der Waals surface area contributed by atoms with Crippen molar-refractivity contribution in [3.63, 3.8) is 0 Å². The zero-order chi connectivity index (χ0) is 34.5. The van der Waals surface area contributed by atoms with Gasteiger partial charge >= 0.3 is 0 Å². The Morgan fingerprint density at radius 3 is 2.22 bits per heavy atom. The van der Waals surface area contributed by atoms with Crippen LogP contribution in [-0.2, 0) is 20.9 Å². The fourth-order valence-electron chi connectivity index (χ4n) is 6.28. The first-order chi connectivity index (χ1) is 23.7. The van der Waals surface area contributed by atoms with Crippen LogP contribution in [0.15, 0.2) is 60.7 Å². The van der Waals surface area contributed by atoms with Gasteiger partial charge < -0.3 is 44.1 Å². The van der Waals surface area contributed by atoms with Gasteiger partial charge in [0.1, 0.15) is 18.1 Å². The van der Waals surface area contributed by atoms with E-state index in [1.807, 2.05) is 6.07 Å². The summed E-state index contributed by atoms with van der Waals surface area (Å²) in [5, 5.41) is 5.88. The number of ether oxygens (including phenoxy) is 5. The van der Waals surface area contributed by atoms with Crippen molar-refractivity contribution in [1.82, 2.24) is 20.4 Å². The number of benzene rings is 3. The number of amides is 4. The minimum atomic E-state index is -1.25. The molecule has 4 amide bonds. The van der Waals surface area contributed by atoms with Crippen molar-refractivity contribution >= 4 is 23.6 Å².